The van der Waals surface area contributed by atoms with Crippen molar-refractivity contribution in [1.82, 2.24) is 19.0 Å². The molecular weight excluding hydrogens is 340 g/mol. The predicted molar refractivity (Wildman–Crippen MR) is 105 cm³/mol. The molecule has 0 bridgehead atoms. The largest absolute Gasteiger partial charge is 0.508 e. The number of likely N-dealkylation sites (tertiary alicyclic amines) is 1. The number of rotatable bonds is 3. The Hall–Kier alpha value is -2.76. The van der Waals surface area contributed by atoms with Gasteiger partial charge in [0.15, 0.2) is 0 Å². The second-order valence-electron chi connectivity index (χ2n) is 7.36. The number of aryl methyl sites for hydroxylation is 2. The standard InChI is InChI=1S/C21H26N4O2/c1-4-24-12-9-22-20(24)15-7-10-25(11-8-15)21(27)19-14(2)23(3)18-6-5-16(26)13-17(18)19/h5-6,9,12-13,15,26H,4,7-8,10-11H2,1-3H3. The van der Waals surface area contributed by atoms with E-state index in [1.165, 1.54) is 0 Å². The summed E-state index contributed by atoms with van der Waals surface area (Å²) < 4.78 is 4.21. The summed E-state index contributed by atoms with van der Waals surface area (Å²) in [7, 11) is 1.96. The predicted octanol–water partition coefficient (Wildman–Crippen LogP) is 3.43. The Morgan fingerprint density at radius 2 is 2.04 bits per heavy atom. The van der Waals surface area contributed by atoms with Crippen LogP contribution in [-0.4, -0.2) is 43.1 Å². The van der Waals surface area contributed by atoms with Gasteiger partial charge in [0, 0.05) is 61.6 Å². The first kappa shape index (κ1) is 17.6. The Kier molecular flexibility index (Phi) is 4.42. The summed E-state index contributed by atoms with van der Waals surface area (Å²) in [6, 6.07) is 5.23. The molecule has 4 rings (SSSR count). The third kappa shape index (κ3) is 2.89. The summed E-state index contributed by atoms with van der Waals surface area (Å²) in [5.41, 5.74) is 2.61. The van der Waals surface area contributed by atoms with E-state index in [4.69, 9.17) is 0 Å². The van der Waals surface area contributed by atoms with Gasteiger partial charge in [0.1, 0.15) is 11.6 Å². The molecule has 0 spiro atoms. The lowest BCUT2D eigenvalue weighted by atomic mass is 9.95. The molecule has 0 aliphatic carbocycles. The number of fused-ring (bicyclic) bond motifs is 1. The Morgan fingerprint density at radius 1 is 1.30 bits per heavy atom. The van der Waals surface area contributed by atoms with Gasteiger partial charge in [-0.1, -0.05) is 0 Å². The molecule has 2 aromatic heterocycles. The van der Waals surface area contributed by atoms with Crippen LogP contribution in [0.4, 0.5) is 0 Å². The Balaban J connectivity index is 1.58. The van der Waals surface area contributed by atoms with Crippen LogP contribution in [0, 0.1) is 6.92 Å². The number of hydrogen-bond donors (Lipinski definition) is 1. The second kappa shape index (κ2) is 6.76. The number of aromatic nitrogens is 3. The second-order valence-corrected chi connectivity index (χ2v) is 7.36. The number of nitrogens with zero attached hydrogens (tertiary/aromatic N) is 4. The first-order valence-corrected chi connectivity index (χ1v) is 9.59. The van der Waals surface area contributed by atoms with Gasteiger partial charge in [-0.25, -0.2) is 4.98 Å². The molecule has 1 fully saturated rings. The normalized spacial score (nSPS) is 15.6. The number of carbonyl (C=O) groups is 1. The molecule has 1 aromatic carbocycles. The molecule has 3 heterocycles. The van der Waals surface area contributed by atoms with E-state index in [-0.39, 0.29) is 11.7 Å². The summed E-state index contributed by atoms with van der Waals surface area (Å²) in [5.74, 6) is 1.78. The number of carbonyl (C=O) groups excluding carboxylic acids is 1. The highest BCUT2D eigenvalue weighted by Gasteiger charge is 2.29. The van der Waals surface area contributed by atoms with Gasteiger partial charge in [-0.05, 0) is 44.9 Å². The van der Waals surface area contributed by atoms with Crippen LogP contribution in [0.5, 0.6) is 5.75 Å². The molecule has 1 aliphatic heterocycles. The van der Waals surface area contributed by atoms with E-state index >= 15 is 0 Å². The van der Waals surface area contributed by atoms with Crippen molar-refractivity contribution in [3.8, 4) is 5.75 Å². The zero-order chi connectivity index (χ0) is 19.1. The molecule has 6 nitrogen and oxygen atoms in total. The third-order valence-electron chi connectivity index (χ3n) is 5.93. The average Bonchev–Trinajstić information content (AvgIpc) is 3.25. The number of benzene rings is 1. The average molecular weight is 366 g/mol. The molecule has 1 aliphatic rings. The summed E-state index contributed by atoms with van der Waals surface area (Å²) in [6.07, 6.45) is 5.75. The van der Waals surface area contributed by atoms with Crippen molar-refractivity contribution in [2.24, 2.45) is 7.05 Å². The lowest BCUT2D eigenvalue weighted by Crippen LogP contribution is -2.38. The fourth-order valence-electron chi connectivity index (χ4n) is 4.28. The number of piperidine rings is 1. The summed E-state index contributed by atoms with van der Waals surface area (Å²) in [6.45, 7) is 6.48. The number of imidazole rings is 1. The van der Waals surface area contributed by atoms with Crippen LogP contribution in [0.25, 0.3) is 10.9 Å². The van der Waals surface area contributed by atoms with E-state index in [1.807, 2.05) is 41.9 Å². The molecule has 0 atom stereocenters. The summed E-state index contributed by atoms with van der Waals surface area (Å²) in [5, 5.41) is 10.7. The molecule has 1 amide bonds. The molecule has 1 N–H and O–H groups in total. The van der Waals surface area contributed by atoms with Crippen LogP contribution in [-0.2, 0) is 13.6 Å². The third-order valence-corrected chi connectivity index (χ3v) is 5.93. The molecule has 27 heavy (non-hydrogen) atoms. The minimum Gasteiger partial charge on any atom is -0.508 e. The van der Waals surface area contributed by atoms with Crippen LogP contribution in [0.1, 0.15) is 47.6 Å². The molecule has 142 valence electrons. The summed E-state index contributed by atoms with van der Waals surface area (Å²) in [4.78, 5) is 19.8. The van der Waals surface area contributed by atoms with Gasteiger partial charge >= 0.3 is 0 Å². The van der Waals surface area contributed by atoms with Crippen molar-refractivity contribution >= 4 is 16.8 Å². The Bertz CT molecular complexity index is 993. The first-order valence-electron chi connectivity index (χ1n) is 9.59. The number of phenolic OH excluding ortho intramolecular Hbond substituents is 1. The van der Waals surface area contributed by atoms with E-state index < -0.39 is 0 Å². The van der Waals surface area contributed by atoms with Crippen molar-refractivity contribution in [3.05, 3.63) is 47.7 Å². The van der Waals surface area contributed by atoms with Gasteiger partial charge in [-0.2, -0.15) is 0 Å². The SMILES string of the molecule is CCn1ccnc1C1CCN(C(=O)c2c(C)n(C)c3ccc(O)cc23)CC1. The number of phenols is 1. The summed E-state index contributed by atoms with van der Waals surface area (Å²) >= 11 is 0. The van der Waals surface area contributed by atoms with Gasteiger partial charge in [-0.3, -0.25) is 4.79 Å². The first-order chi connectivity index (χ1) is 13.0. The van der Waals surface area contributed by atoms with Gasteiger partial charge in [0.2, 0.25) is 0 Å². The Labute approximate surface area is 159 Å². The van der Waals surface area contributed by atoms with Crippen LogP contribution >= 0.6 is 0 Å². The van der Waals surface area contributed by atoms with Crippen molar-refractivity contribution in [3.63, 3.8) is 0 Å². The topological polar surface area (TPSA) is 63.3 Å². The maximum absolute atomic E-state index is 13.3. The van der Waals surface area contributed by atoms with Gasteiger partial charge in [-0.15, -0.1) is 0 Å². The van der Waals surface area contributed by atoms with Gasteiger partial charge < -0.3 is 19.1 Å². The van der Waals surface area contributed by atoms with E-state index in [2.05, 4.69) is 16.5 Å². The lowest BCUT2D eigenvalue weighted by Gasteiger charge is -2.32. The van der Waals surface area contributed by atoms with Crippen molar-refractivity contribution < 1.29 is 9.90 Å². The van der Waals surface area contributed by atoms with Crippen molar-refractivity contribution in [1.29, 1.82) is 0 Å². The van der Waals surface area contributed by atoms with Crippen molar-refractivity contribution in [2.45, 2.75) is 39.2 Å². The lowest BCUT2D eigenvalue weighted by molar-refractivity contribution is 0.0711. The van der Waals surface area contributed by atoms with Crippen LogP contribution in [0.15, 0.2) is 30.6 Å². The maximum atomic E-state index is 13.3. The minimum atomic E-state index is 0.0565. The highest BCUT2D eigenvalue weighted by molar-refractivity contribution is 6.08. The van der Waals surface area contributed by atoms with Crippen LogP contribution in [0.2, 0.25) is 0 Å². The minimum absolute atomic E-state index is 0.0565. The fraction of sp³-hybridized carbons (Fsp3) is 0.429. The van der Waals surface area contributed by atoms with Crippen LogP contribution < -0.4 is 0 Å². The van der Waals surface area contributed by atoms with E-state index in [9.17, 15) is 9.90 Å². The number of hydrogen-bond acceptors (Lipinski definition) is 3. The Morgan fingerprint density at radius 3 is 2.74 bits per heavy atom. The molecule has 6 heteroatoms. The molecule has 1 saturated heterocycles. The highest BCUT2D eigenvalue weighted by atomic mass is 16.3. The molecule has 0 unspecified atom stereocenters. The van der Waals surface area contributed by atoms with Crippen molar-refractivity contribution in [2.75, 3.05) is 13.1 Å². The molecule has 3 aromatic rings. The monoisotopic (exact) mass is 366 g/mol. The smallest absolute Gasteiger partial charge is 0.256 e. The van der Waals surface area contributed by atoms with Gasteiger partial charge in [0.05, 0.1) is 5.56 Å². The zero-order valence-electron chi connectivity index (χ0n) is 16.1. The molecule has 0 saturated carbocycles. The number of aromatic hydroxyl groups is 1. The molecular formula is C21H26N4O2. The van der Waals surface area contributed by atoms with Gasteiger partial charge in [0.25, 0.3) is 5.91 Å². The van der Waals surface area contributed by atoms with E-state index in [0.29, 0.717) is 11.5 Å². The number of amides is 1. The van der Waals surface area contributed by atoms with E-state index in [0.717, 1.165) is 54.9 Å². The molecule has 0 radical (unpaired) electrons. The fourth-order valence-corrected chi connectivity index (χ4v) is 4.28. The highest BCUT2D eigenvalue weighted by Crippen LogP contribution is 2.32. The van der Waals surface area contributed by atoms with Crippen LogP contribution in [0.3, 0.4) is 0 Å². The maximum Gasteiger partial charge on any atom is 0.256 e. The zero-order valence-corrected chi connectivity index (χ0v) is 16.1. The quantitative estimate of drug-likeness (QED) is 0.772. The van der Waals surface area contributed by atoms with E-state index in [1.54, 1.807) is 12.1 Å².